The van der Waals surface area contributed by atoms with Gasteiger partial charge in [0.2, 0.25) is 0 Å². The molecule has 0 aliphatic carbocycles. The largest absolute Gasteiger partial charge is 0.384 e. The van der Waals surface area contributed by atoms with Gasteiger partial charge >= 0.3 is 0 Å². The molecule has 1 N–H and O–H groups in total. The van der Waals surface area contributed by atoms with E-state index in [1.807, 2.05) is 0 Å². The first kappa shape index (κ1) is 12.0. The monoisotopic (exact) mass is 254 g/mol. The van der Waals surface area contributed by atoms with E-state index in [1.165, 1.54) is 0 Å². The fraction of sp³-hybridized carbons (Fsp3) is 0.0769. The van der Waals surface area contributed by atoms with Gasteiger partial charge in [-0.05, 0) is 23.8 Å². The summed E-state index contributed by atoms with van der Waals surface area (Å²) in [5, 5.41) is 10.4. The normalized spacial score (nSPS) is 12.5. The Hall–Kier alpha value is -1.45. The Morgan fingerprint density at radius 2 is 1.59 bits per heavy atom. The molecular formula is C13H9ClF2O. The number of halogens is 3. The first-order chi connectivity index (χ1) is 8.08. The van der Waals surface area contributed by atoms with Crippen molar-refractivity contribution in [1.82, 2.24) is 0 Å². The Labute approximate surface area is 102 Å². The van der Waals surface area contributed by atoms with Crippen LogP contribution in [0.4, 0.5) is 8.78 Å². The van der Waals surface area contributed by atoms with Gasteiger partial charge in [0.05, 0.1) is 0 Å². The quantitative estimate of drug-likeness (QED) is 0.866. The molecule has 0 bridgehead atoms. The number of hydrogen-bond donors (Lipinski definition) is 1. The zero-order chi connectivity index (χ0) is 12.4. The summed E-state index contributed by atoms with van der Waals surface area (Å²) in [4.78, 5) is 0. The molecule has 88 valence electrons. The smallest absolute Gasteiger partial charge is 0.126 e. The second-order valence-electron chi connectivity index (χ2n) is 3.63. The number of benzene rings is 2. The topological polar surface area (TPSA) is 20.2 Å². The SMILES string of the molecule is OC(c1cc(F)cc(F)c1)c1ccccc1Cl. The van der Waals surface area contributed by atoms with E-state index in [4.69, 9.17) is 11.6 Å². The highest BCUT2D eigenvalue weighted by Crippen LogP contribution is 2.28. The van der Waals surface area contributed by atoms with Crippen LogP contribution >= 0.6 is 11.6 Å². The Bertz CT molecular complexity index is 522. The molecule has 0 heterocycles. The van der Waals surface area contributed by atoms with Gasteiger partial charge in [0.25, 0.3) is 0 Å². The summed E-state index contributed by atoms with van der Waals surface area (Å²) in [5.41, 5.74) is 0.551. The summed E-state index contributed by atoms with van der Waals surface area (Å²) in [6, 6.07) is 9.54. The van der Waals surface area contributed by atoms with Crippen LogP contribution in [0.2, 0.25) is 5.02 Å². The summed E-state index contributed by atoms with van der Waals surface area (Å²) < 4.78 is 26.0. The summed E-state index contributed by atoms with van der Waals surface area (Å²) in [6.45, 7) is 0. The fourth-order valence-corrected chi connectivity index (χ4v) is 1.85. The van der Waals surface area contributed by atoms with Crippen molar-refractivity contribution in [2.24, 2.45) is 0 Å². The molecule has 1 unspecified atom stereocenters. The first-order valence-electron chi connectivity index (χ1n) is 4.96. The summed E-state index contributed by atoms with van der Waals surface area (Å²) >= 11 is 5.90. The van der Waals surface area contributed by atoms with E-state index in [0.29, 0.717) is 10.6 Å². The molecule has 0 aliphatic heterocycles. The van der Waals surface area contributed by atoms with Gasteiger partial charge in [0, 0.05) is 16.7 Å². The minimum Gasteiger partial charge on any atom is -0.384 e. The van der Waals surface area contributed by atoms with Crippen molar-refractivity contribution >= 4 is 11.6 Å². The van der Waals surface area contributed by atoms with Gasteiger partial charge in [-0.15, -0.1) is 0 Å². The predicted molar refractivity (Wildman–Crippen MR) is 61.9 cm³/mol. The van der Waals surface area contributed by atoms with Crippen molar-refractivity contribution in [3.8, 4) is 0 Å². The standard InChI is InChI=1S/C13H9ClF2O/c14-12-4-2-1-3-11(12)13(17)8-5-9(15)7-10(16)6-8/h1-7,13,17H. The van der Waals surface area contributed by atoms with Crippen molar-refractivity contribution < 1.29 is 13.9 Å². The van der Waals surface area contributed by atoms with Crippen LogP contribution in [0.15, 0.2) is 42.5 Å². The van der Waals surface area contributed by atoms with Crippen LogP contribution in [0.25, 0.3) is 0 Å². The lowest BCUT2D eigenvalue weighted by Gasteiger charge is -2.13. The zero-order valence-electron chi connectivity index (χ0n) is 8.70. The van der Waals surface area contributed by atoms with E-state index < -0.39 is 17.7 Å². The second kappa shape index (κ2) is 4.82. The highest BCUT2D eigenvalue weighted by Gasteiger charge is 2.15. The van der Waals surface area contributed by atoms with Gasteiger partial charge in [0.1, 0.15) is 17.7 Å². The molecule has 0 saturated carbocycles. The molecule has 1 atom stereocenters. The van der Waals surface area contributed by atoms with Crippen molar-refractivity contribution in [3.63, 3.8) is 0 Å². The summed E-state index contributed by atoms with van der Waals surface area (Å²) in [6.07, 6.45) is -1.14. The first-order valence-corrected chi connectivity index (χ1v) is 5.34. The average Bonchev–Trinajstić information content (AvgIpc) is 2.27. The third-order valence-corrected chi connectivity index (χ3v) is 2.74. The Kier molecular flexibility index (Phi) is 3.41. The van der Waals surface area contributed by atoms with Gasteiger partial charge in [-0.1, -0.05) is 29.8 Å². The van der Waals surface area contributed by atoms with Gasteiger partial charge < -0.3 is 5.11 Å². The van der Waals surface area contributed by atoms with Gasteiger partial charge in [-0.3, -0.25) is 0 Å². The molecule has 17 heavy (non-hydrogen) atoms. The highest BCUT2D eigenvalue weighted by molar-refractivity contribution is 6.31. The van der Waals surface area contributed by atoms with Crippen LogP contribution in [0, 0.1) is 11.6 Å². The van der Waals surface area contributed by atoms with Crippen LogP contribution < -0.4 is 0 Å². The lowest BCUT2D eigenvalue weighted by Crippen LogP contribution is -2.01. The third-order valence-electron chi connectivity index (χ3n) is 2.40. The molecule has 2 rings (SSSR count). The van der Waals surface area contributed by atoms with Gasteiger partial charge in [0.15, 0.2) is 0 Å². The summed E-state index contributed by atoms with van der Waals surface area (Å²) in [5.74, 6) is -1.46. The number of hydrogen-bond acceptors (Lipinski definition) is 1. The van der Waals surface area contributed by atoms with E-state index in [0.717, 1.165) is 18.2 Å². The molecule has 4 heteroatoms. The van der Waals surface area contributed by atoms with Crippen LogP contribution in [-0.2, 0) is 0 Å². The van der Waals surface area contributed by atoms with E-state index in [-0.39, 0.29) is 5.56 Å². The Balaban J connectivity index is 2.43. The Morgan fingerprint density at radius 1 is 1.00 bits per heavy atom. The lowest BCUT2D eigenvalue weighted by molar-refractivity contribution is 0.219. The number of aliphatic hydroxyl groups is 1. The molecule has 0 spiro atoms. The van der Waals surface area contributed by atoms with Crippen molar-refractivity contribution in [3.05, 3.63) is 70.2 Å². The predicted octanol–water partition coefficient (Wildman–Crippen LogP) is 3.70. The van der Waals surface area contributed by atoms with Crippen LogP contribution in [-0.4, -0.2) is 5.11 Å². The van der Waals surface area contributed by atoms with Crippen molar-refractivity contribution in [1.29, 1.82) is 0 Å². The van der Waals surface area contributed by atoms with E-state index >= 15 is 0 Å². The summed E-state index contributed by atoms with van der Waals surface area (Å²) in [7, 11) is 0. The Morgan fingerprint density at radius 3 is 2.18 bits per heavy atom. The number of aliphatic hydroxyl groups excluding tert-OH is 1. The van der Waals surface area contributed by atoms with Gasteiger partial charge in [-0.2, -0.15) is 0 Å². The molecule has 0 aromatic heterocycles. The molecule has 0 aliphatic rings. The maximum Gasteiger partial charge on any atom is 0.126 e. The minimum atomic E-state index is -1.14. The van der Waals surface area contributed by atoms with Crippen molar-refractivity contribution in [2.45, 2.75) is 6.10 Å². The molecule has 1 nitrogen and oxygen atoms in total. The lowest BCUT2D eigenvalue weighted by atomic mass is 10.0. The van der Waals surface area contributed by atoms with E-state index in [9.17, 15) is 13.9 Å². The van der Waals surface area contributed by atoms with Crippen molar-refractivity contribution in [2.75, 3.05) is 0 Å². The second-order valence-corrected chi connectivity index (χ2v) is 4.03. The zero-order valence-corrected chi connectivity index (χ0v) is 9.46. The number of rotatable bonds is 2. The molecule has 2 aromatic rings. The van der Waals surface area contributed by atoms with Crippen LogP contribution in [0.5, 0.6) is 0 Å². The molecule has 0 saturated heterocycles. The van der Waals surface area contributed by atoms with Crippen LogP contribution in [0.3, 0.4) is 0 Å². The highest BCUT2D eigenvalue weighted by atomic mass is 35.5. The maximum atomic E-state index is 13.0. The molecule has 0 fully saturated rings. The molecule has 0 radical (unpaired) electrons. The van der Waals surface area contributed by atoms with E-state index in [2.05, 4.69) is 0 Å². The fourth-order valence-electron chi connectivity index (χ4n) is 1.61. The minimum absolute atomic E-state index is 0.135. The van der Waals surface area contributed by atoms with E-state index in [1.54, 1.807) is 24.3 Å². The van der Waals surface area contributed by atoms with Gasteiger partial charge in [-0.25, -0.2) is 8.78 Å². The molecular weight excluding hydrogens is 246 g/mol. The average molecular weight is 255 g/mol. The molecule has 2 aromatic carbocycles. The maximum absolute atomic E-state index is 13.0. The third kappa shape index (κ3) is 2.62. The van der Waals surface area contributed by atoms with Crippen LogP contribution in [0.1, 0.15) is 17.2 Å². The molecule has 0 amide bonds.